The molecule has 2 aromatic rings. The summed E-state index contributed by atoms with van der Waals surface area (Å²) >= 11 is -0.556. The first-order valence-corrected chi connectivity index (χ1v) is 8.00. The molecule has 2 radical (unpaired) electrons. The molecule has 0 heterocycles. The molecule has 0 saturated heterocycles. The van der Waals surface area contributed by atoms with E-state index in [0.717, 1.165) is 0 Å². The third-order valence-corrected chi connectivity index (χ3v) is 5.94. The molecule has 2 rings (SSSR count). The fourth-order valence-electron chi connectivity index (χ4n) is 1.44. The summed E-state index contributed by atoms with van der Waals surface area (Å²) in [5.41, 5.74) is 2.70. The van der Waals surface area contributed by atoms with Crippen molar-refractivity contribution in [3.05, 3.63) is 59.7 Å². The van der Waals surface area contributed by atoms with Crippen molar-refractivity contribution in [2.75, 3.05) is 0 Å². The maximum absolute atomic E-state index is 2.28. The smallest absolute Gasteiger partial charge is 0.147 e. The van der Waals surface area contributed by atoms with Crippen molar-refractivity contribution in [1.29, 1.82) is 0 Å². The van der Waals surface area contributed by atoms with E-state index < -0.39 is 21.1 Å². The van der Waals surface area contributed by atoms with Crippen LogP contribution in [0.4, 0.5) is 0 Å². The summed E-state index contributed by atoms with van der Waals surface area (Å²) in [4.78, 5) is 0. The van der Waals surface area contributed by atoms with E-state index in [0.29, 0.717) is 0 Å². The Labute approximate surface area is 126 Å². The van der Waals surface area contributed by atoms with Gasteiger partial charge in [-0.2, -0.15) is 0 Å². The van der Waals surface area contributed by atoms with Gasteiger partial charge in [0.25, 0.3) is 0 Å². The molecule has 17 heavy (non-hydrogen) atoms. The summed E-state index contributed by atoms with van der Waals surface area (Å²) in [5.74, 6) is 0. The molecule has 0 aliphatic carbocycles. The van der Waals surface area contributed by atoms with Gasteiger partial charge >= 0.3 is 102 Å². The molecule has 0 nitrogen and oxygen atoms in total. The van der Waals surface area contributed by atoms with Crippen LogP contribution >= 0.6 is 24.8 Å². The first-order chi connectivity index (χ1) is 7.24. The zero-order valence-electron chi connectivity index (χ0n) is 9.94. The maximum atomic E-state index is 2.28. The fourth-order valence-corrected chi connectivity index (χ4v) is 4.29. The summed E-state index contributed by atoms with van der Waals surface area (Å²) < 4.78 is 3.10. The Morgan fingerprint density at radius 3 is 1.18 bits per heavy atom. The molecule has 2 aromatic carbocycles. The van der Waals surface area contributed by atoms with E-state index in [4.69, 9.17) is 0 Å². The van der Waals surface area contributed by atoms with E-state index in [-0.39, 0.29) is 24.8 Å². The number of hydrogen-bond acceptors (Lipinski definition) is 0. The first-order valence-electron chi connectivity index (χ1n) is 5.14. The average Bonchev–Trinajstić information content (AvgIpc) is 2.25. The van der Waals surface area contributed by atoms with Crippen molar-refractivity contribution in [2.45, 2.75) is 13.8 Å². The summed E-state index contributed by atoms with van der Waals surface area (Å²) in [6.45, 7) is 4.28. The van der Waals surface area contributed by atoms with E-state index in [1.54, 1.807) is 7.16 Å². The van der Waals surface area contributed by atoms with Crippen LogP contribution < -0.4 is 7.16 Å². The second-order valence-corrected chi connectivity index (χ2v) is 7.87. The molecule has 90 valence electrons. The van der Waals surface area contributed by atoms with Crippen LogP contribution in [-0.4, -0.2) is 21.1 Å². The third-order valence-electron chi connectivity index (χ3n) is 2.39. The number of hydrogen-bond donors (Lipinski definition) is 0. The number of aryl methyl sites for hydroxylation is 2. The Bertz CT molecular complexity index is 391. The normalized spacial score (nSPS) is 9.06. The predicted octanol–water partition coefficient (Wildman–Crippen LogP) is 2.80. The summed E-state index contributed by atoms with van der Waals surface area (Å²) in [7, 11) is 0. The predicted molar refractivity (Wildman–Crippen MR) is 81.9 cm³/mol. The molecular formula is C14H16Cl2Sn. The van der Waals surface area contributed by atoms with Gasteiger partial charge in [-0.15, -0.1) is 24.8 Å². The van der Waals surface area contributed by atoms with Crippen molar-refractivity contribution in [3.63, 3.8) is 0 Å². The van der Waals surface area contributed by atoms with Crippen molar-refractivity contribution >= 4 is 53.1 Å². The summed E-state index contributed by atoms with van der Waals surface area (Å²) in [6, 6.07) is 18.0. The van der Waals surface area contributed by atoms with Gasteiger partial charge in [0.05, 0.1) is 0 Å². The van der Waals surface area contributed by atoms with E-state index in [1.807, 2.05) is 0 Å². The van der Waals surface area contributed by atoms with Gasteiger partial charge in [-0.1, -0.05) is 0 Å². The number of halogens is 2. The number of rotatable bonds is 2. The van der Waals surface area contributed by atoms with Crippen LogP contribution in [0.5, 0.6) is 0 Å². The van der Waals surface area contributed by atoms with Crippen molar-refractivity contribution < 1.29 is 0 Å². The number of benzene rings is 2. The largest absolute Gasteiger partial charge is 0.147 e. The molecule has 0 aliphatic heterocycles. The second kappa shape index (κ2) is 8.01. The molecule has 0 aliphatic rings. The minimum Gasteiger partial charge on any atom is -0.147 e. The molecule has 0 fully saturated rings. The van der Waals surface area contributed by atoms with Gasteiger partial charge in [0.2, 0.25) is 0 Å². The van der Waals surface area contributed by atoms with Crippen LogP contribution in [0.1, 0.15) is 11.1 Å². The topological polar surface area (TPSA) is 0 Å². The van der Waals surface area contributed by atoms with Gasteiger partial charge in [0.1, 0.15) is 0 Å². The molecule has 0 atom stereocenters. The van der Waals surface area contributed by atoms with Crippen LogP contribution in [0, 0.1) is 13.8 Å². The Hall–Kier alpha value is -0.181. The van der Waals surface area contributed by atoms with Crippen molar-refractivity contribution in [1.82, 2.24) is 0 Å². The van der Waals surface area contributed by atoms with E-state index >= 15 is 0 Å². The molecule has 0 saturated carbocycles. The molecule has 0 unspecified atom stereocenters. The summed E-state index contributed by atoms with van der Waals surface area (Å²) in [6.07, 6.45) is 0. The van der Waals surface area contributed by atoms with E-state index in [2.05, 4.69) is 62.4 Å². The van der Waals surface area contributed by atoms with Crippen LogP contribution in [0.15, 0.2) is 48.5 Å². The molecule has 0 N–H and O–H groups in total. The molecule has 0 bridgehead atoms. The zero-order chi connectivity index (χ0) is 10.7. The minimum atomic E-state index is -0.556. The van der Waals surface area contributed by atoms with Gasteiger partial charge in [-0.25, -0.2) is 0 Å². The average molecular weight is 374 g/mol. The van der Waals surface area contributed by atoms with Crippen molar-refractivity contribution in [2.24, 2.45) is 0 Å². The van der Waals surface area contributed by atoms with E-state index in [9.17, 15) is 0 Å². The van der Waals surface area contributed by atoms with Crippen LogP contribution in [0.3, 0.4) is 0 Å². The maximum Gasteiger partial charge on any atom is -0.147 e. The van der Waals surface area contributed by atoms with Crippen LogP contribution in [0.25, 0.3) is 0 Å². The Balaban J connectivity index is 0.00000128. The van der Waals surface area contributed by atoms with Crippen LogP contribution in [-0.2, 0) is 0 Å². The van der Waals surface area contributed by atoms with Crippen LogP contribution in [0.2, 0.25) is 0 Å². The van der Waals surface area contributed by atoms with Gasteiger partial charge in [-0.3, -0.25) is 0 Å². The molecule has 0 amide bonds. The second-order valence-electron chi connectivity index (χ2n) is 3.86. The SMILES string of the molecule is Cc1cc[c]([Sn][c]2ccc(C)cc2)cc1.Cl.Cl. The monoisotopic (exact) mass is 374 g/mol. The van der Waals surface area contributed by atoms with Crippen molar-refractivity contribution in [3.8, 4) is 0 Å². The molecular weight excluding hydrogens is 358 g/mol. The Morgan fingerprint density at radius 1 is 0.588 bits per heavy atom. The molecule has 0 spiro atoms. The molecule has 0 aromatic heterocycles. The Kier molecular flexibility index (Phi) is 7.93. The minimum absolute atomic E-state index is 0. The standard InChI is InChI=1S/2C7H7.2ClH.Sn/c2*1-7-5-3-2-4-6-7;;;/h2*3-6H,1H3;2*1H;. The van der Waals surface area contributed by atoms with E-state index in [1.165, 1.54) is 11.1 Å². The summed E-state index contributed by atoms with van der Waals surface area (Å²) in [5, 5.41) is 0. The van der Waals surface area contributed by atoms with Gasteiger partial charge in [-0.05, 0) is 0 Å². The third kappa shape index (κ3) is 5.32. The fraction of sp³-hybridized carbons (Fsp3) is 0.143. The first kappa shape index (κ1) is 16.8. The molecule has 3 heteroatoms. The quantitative estimate of drug-likeness (QED) is 0.710. The zero-order valence-corrected chi connectivity index (χ0v) is 14.4. The van der Waals surface area contributed by atoms with Gasteiger partial charge < -0.3 is 0 Å². The van der Waals surface area contributed by atoms with Gasteiger partial charge in [0, 0.05) is 0 Å². The Morgan fingerprint density at radius 2 is 0.882 bits per heavy atom. The van der Waals surface area contributed by atoms with Gasteiger partial charge in [0.15, 0.2) is 0 Å².